The number of halogens is 1. The molecule has 0 spiro atoms. The van der Waals surface area contributed by atoms with E-state index in [0.717, 1.165) is 5.56 Å². The number of aliphatic carboxylic acids is 1. The van der Waals surface area contributed by atoms with Crippen LogP contribution in [0, 0.1) is 0 Å². The van der Waals surface area contributed by atoms with Crippen molar-refractivity contribution in [2.24, 2.45) is 0 Å². The van der Waals surface area contributed by atoms with Gasteiger partial charge in [0, 0.05) is 19.0 Å². The van der Waals surface area contributed by atoms with Crippen LogP contribution in [-0.4, -0.2) is 46.0 Å². The second-order valence-electron chi connectivity index (χ2n) is 6.92. The summed E-state index contributed by atoms with van der Waals surface area (Å²) in [6.07, 6.45) is -0.241. The number of nitrogens with zero attached hydrogens (tertiary/aromatic N) is 1. The zero-order valence-corrected chi connectivity index (χ0v) is 15.8. The molecule has 0 fully saturated rings. The van der Waals surface area contributed by atoms with Crippen LogP contribution in [0.25, 0.3) is 0 Å². The minimum atomic E-state index is -1.08. The number of carboxylic acid groups (broad SMARTS) is 1. The SMILES string of the molecule is C=C(CCl)CN(Cc1ccccc1)[C@@H](CC(=O)OC(C)(C)C)C(=O)O. The van der Waals surface area contributed by atoms with Crippen LogP contribution in [-0.2, 0) is 20.9 Å². The highest BCUT2D eigenvalue weighted by Crippen LogP contribution is 2.17. The van der Waals surface area contributed by atoms with Gasteiger partial charge in [0.1, 0.15) is 11.6 Å². The standard InChI is InChI=1S/C19H26ClNO4/c1-14(11-20)12-21(13-15-8-6-5-7-9-15)16(18(23)24)10-17(22)25-19(2,3)4/h5-9,16H,1,10-13H2,2-4H3,(H,23,24)/t16-/m0/s1. The summed E-state index contributed by atoms with van der Waals surface area (Å²) in [5.74, 6) is -1.40. The van der Waals surface area contributed by atoms with Gasteiger partial charge in [-0.25, -0.2) is 0 Å². The molecule has 1 atom stereocenters. The van der Waals surface area contributed by atoms with Crippen molar-refractivity contribution in [2.45, 2.75) is 45.4 Å². The summed E-state index contributed by atoms with van der Waals surface area (Å²) >= 11 is 5.81. The zero-order valence-electron chi connectivity index (χ0n) is 15.0. The van der Waals surface area contributed by atoms with Gasteiger partial charge in [0.15, 0.2) is 0 Å². The van der Waals surface area contributed by atoms with E-state index in [1.54, 1.807) is 25.7 Å². The van der Waals surface area contributed by atoms with E-state index in [2.05, 4.69) is 6.58 Å². The number of benzene rings is 1. The smallest absolute Gasteiger partial charge is 0.321 e. The number of carbonyl (C=O) groups excluding carboxylic acids is 1. The molecule has 5 nitrogen and oxygen atoms in total. The first-order chi connectivity index (χ1) is 11.6. The highest BCUT2D eigenvalue weighted by atomic mass is 35.5. The van der Waals surface area contributed by atoms with E-state index in [4.69, 9.17) is 16.3 Å². The molecule has 6 heteroatoms. The molecule has 0 aliphatic heterocycles. The molecule has 0 unspecified atom stereocenters. The minimum Gasteiger partial charge on any atom is -0.480 e. The van der Waals surface area contributed by atoms with Gasteiger partial charge in [-0.3, -0.25) is 14.5 Å². The lowest BCUT2D eigenvalue weighted by Gasteiger charge is -2.30. The summed E-state index contributed by atoms with van der Waals surface area (Å²) in [4.78, 5) is 25.6. The normalized spacial score (nSPS) is 12.7. The van der Waals surface area contributed by atoms with Gasteiger partial charge in [0.05, 0.1) is 6.42 Å². The van der Waals surface area contributed by atoms with Crippen LogP contribution < -0.4 is 0 Å². The van der Waals surface area contributed by atoms with Gasteiger partial charge >= 0.3 is 11.9 Å². The maximum absolute atomic E-state index is 12.1. The van der Waals surface area contributed by atoms with Crippen LogP contribution in [0.4, 0.5) is 0 Å². The summed E-state index contributed by atoms with van der Waals surface area (Å²) in [5, 5.41) is 9.64. The number of hydrogen-bond acceptors (Lipinski definition) is 4. The monoisotopic (exact) mass is 367 g/mol. The van der Waals surface area contributed by atoms with Crippen molar-refractivity contribution in [2.75, 3.05) is 12.4 Å². The fourth-order valence-electron chi connectivity index (χ4n) is 2.34. The minimum absolute atomic E-state index is 0.226. The third-order valence-corrected chi connectivity index (χ3v) is 3.73. The number of alkyl halides is 1. The molecule has 0 aliphatic rings. The Kier molecular flexibility index (Phi) is 8.13. The van der Waals surface area contributed by atoms with E-state index in [1.165, 1.54) is 0 Å². The van der Waals surface area contributed by atoms with E-state index in [-0.39, 0.29) is 18.8 Å². The largest absolute Gasteiger partial charge is 0.480 e. The van der Waals surface area contributed by atoms with Gasteiger partial charge in [-0.1, -0.05) is 36.9 Å². The molecule has 1 aromatic carbocycles. The summed E-state index contributed by atoms with van der Waals surface area (Å²) < 4.78 is 5.27. The molecule has 0 saturated carbocycles. The highest BCUT2D eigenvalue weighted by molar-refractivity contribution is 6.19. The molecule has 0 amide bonds. The Bertz CT molecular complexity index is 595. The topological polar surface area (TPSA) is 66.8 Å². The second-order valence-corrected chi connectivity index (χ2v) is 7.19. The lowest BCUT2D eigenvalue weighted by atomic mass is 10.1. The second kappa shape index (κ2) is 9.59. The number of hydrogen-bond donors (Lipinski definition) is 1. The summed E-state index contributed by atoms with van der Waals surface area (Å²) in [5.41, 5.74) is 0.970. The Hall–Kier alpha value is -1.85. The molecule has 1 aromatic rings. The van der Waals surface area contributed by atoms with Crippen LogP contribution in [0.2, 0.25) is 0 Å². The lowest BCUT2D eigenvalue weighted by molar-refractivity contribution is -0.160. The molecule has 25 heavy (non-hydrogen) atoms. The van der Waals surface area contributed by atoms with Gasteiger partial charge in [0.2, 0.25) is 0 Å². The van der Waals surface area contributed by atoms with Gasteiger partial charge in [-0.05, 0) is 31.9 Å². The fourth-order valence-corrected chi connectivity index (χ4v) is 2.42. The average molecular weight is 368 g/mol. The molecule has 0 heterocycles. The van der Waals surface area contributed by atoms with E-state index in [9.17, 15) is 14.7 Å². The highest BCUT2D eigenvalue weighted by Gasteiger charge is 2.30. The average Bonchev–Trinajstić information content (AvgIpc) is 2.51. The molecule has 0 saturated heterocycles. The number of carbonyl (C=O) groups is 2. The zero-order chi connectivity index (χ0) is 19.0. The maximum Gasteiger partial charge on any atom is 0.321 e. The van der Waals surface area contributed by atoms with Crippen molar-refractivity contribution in [3.63, 3.8) is 0 Å². The quantitative estimate of drug-likeness (QED) is 0.411. The van der Waals surface area contributed by atoms with Gasteiger partial charge in [-0.15, -0.1) is 11.6 Å². The Morgan fingerprint density at radius 2 is 1.88 bits per heavy atom. The summed E-state index contributed by atoms with van der Waals surface area (Å²) in [6.45, 7) is 9.76. The molecule has 138 valence electrons. The van der Waals surface area contributed by atoms with Crippen molar-refractivity contribution in [1.82, 2.24) is 4.90 Å². The van der Waals surface area contributed by atoms with Crippen LogP contribution in [0.15, 0.2) is 42.5 Å². The number of carboxylic acids is 1. The number of rotatable bonds is 9. The molecule has 1 rings (SSSR count). The Labute approximate surface area is 154 Å². The van der Waals surface area contributed by atoms with Gasteiger partial charge < -0.3 is 9.84 Å². The van der Waals surface area contributed by atoms with Crippen molar-refractivity contribution < 1.29 is 19.4 Å². The van der Waals surface area contributed by atoms with Gasteiger partial charge in [-0.2, -0.15) is 0 Å². The predicted octanol–water partition coefficient (Wildman–Crippen LogP) is 3.47. The van der Waals surface area contributed by atoms with E-state index in [1.807, 2.05) is 30.3 Å². The number of esters is 1. The molecule has 0 radical (unpaired) electrons. The fraction of sp³-hybridized carbons (Fsp3) is 0.474. The van der Waals surface area contributed by atoms with Crippen molar-refractivity contribution in [1.29, 1.82) is 0 Å². The van der Waals surface area contributed by atoms with E-state index < -0.39 is 23.6 Å². The Morgan fingerprint density at radius 1 is 1.28 bits per heavy atom. The molecule has 0 bridgehead atoms. The van der Waals surface area contributed by atoms with E-state index in [0.29, 0.717) is 12.1 Å². The van der Waals surface area contributed by atoms with E-state index >= 15 is 0 Å². The maximum atomic E-state index is 12.1. The molecule has 0 aromatic heterocycles. The third kappa shape index (κ3) is 8.18. The van der Waals surface area contributed by atoms with Crippen molar-refractivity contribution >= 4 is 23.5 Å². The Balaban J connectivity index is 2.97. The van der Waals surface area contributed by atoms with Crippen molar-refractivity contribution in [3.05, 3.63) is 48.0 Å². The van der Waals surface area contributed by atoms with Crippen LogP contribution in [0.3, 0.4) is 0 Å². The molecule has 0 aliphatic carbocycles. The van der Waals surface area contributed by atoms with Crippen LogP contribution in [0.5, 0.6) is 0 Å². The van der Waals surface area contributed by atoms with Crippen LogP contribution >= 0.6 is 11.6 Å². The Morgan fingerprint density at radius 3 is 2.36 bits per heavy atom. The first-order valence-electron chi connectivity index (χ1n) is 8.07. The lowest BCUT2D eigenvalue weighted by Crippen LogP contribution is -2.44. The molecular formula is C19H26ClNO4. The predicted molar refractivity (Wildman–Crippen MR) is 98.6 cm³/mol. The summed E-state index contributed by atoms with van der Waals surface area (Å²) in [7, 11) is 0. The van der Waals surface area contributed by atoms with Crippen molar-refractivity contribution in [3.8, 4) is 0 Å². The summed E-state index contributed by atoms with van der Waals surface area (Å²) in [6, 6.07) is 8.45. The molecular weight excluding hydrogens is 342 g/mol. The third-order valence-electron chi connectivity index (χ3n) is 3.35. The van der Waals surface area contributed by atoms with Crippen LogP contribution in [0.1, 0.15) is 32.8 Å². The molecule has 1 N–H and O–H groups in total. The first-order valence-corrected chi connectivity index (χ1v) is 8.61. The number of ether oxygens (including phenoxy) is 1. The van der Waals surface area contributed by atoms with Gasteiger partial charge in [0.25, 0.3) is 0 Å². The first kappa shape index (κ1) is 21.2.